The zero-order valence-corrected chi connectivity index (χ0v) is 10.5. The van der Waals surface area contributed by atoms with Crippen LogP contribution >= 0.6 is 0 Å². The molecular formula is C12H11FN2O3S. The first-order chi connectivity index (χ1) is 8.88. The van der Waals surface area contributed by atoms with E-state index in [0.29, 0.717) is 0 Å². The van der Waals surface area contributed by atoms with Crippen LogP contribution in [0.5, 0.6) is 5.75 Å². The first kappa shape index (κ1) is 13.2. The minimum atomic E-state index is -3.93. The molecule has 19 heavy (non-hydrogen) atoms. The summed E-state index contributed by atoms with van der Waals surface area (Å²) in [4.78, 5) is -0.248. The van der Waals surface area contributed by atoms with E-state index in [9.17, 15) is 17.9 Å². The summed E-state index contributed by atoms with van der Waals surface area (Å²) in [5.74, 6) is -0.887. The number of rotatable bonds is 3. The standard InChI is InChI=1S/C12H11FN2O3S/c13-11-7-10(4-5-12(11)14)19(17,18)15-8-2-1-3-9(16)6-8/h1-7,15-16H,14H2. The molecule has 0 saturated carbocycles. The maximum atomic E-state index is 13.3. The lowest BCUT2D eigenvalue weighted by molar-refractivity contribution is 0.475. The largest absolute Gasteiger partial charge is 0.508 e. The van der Waals surface area contributed by atoms with Crippen LogP contribution in [0.2, 0.25) is 0 Å². The van der Waals surface area contributed by atoms with E-state index in [-0.39, 0.29) is 22.0 Å². The summed E-state index contributed by atoms with van der Waals surface area (Å²) < 4.78 is 39.4. The Bertz CT molecular complexity index is 717. The molecule has 2 rings (SSSR count). The van der Waals surface area contributed by atoms with Crippen LogP contribution in [0.25, 0.3) is 0 Å². The molecule has 0 heterocycles. The molecule has 0 amide bonds. The van der Waals surface area contributed by atoms with Gasteiger partial charge in [-0.2, -0.15) is 0 Å². The minimum absolute atomic E-state index is 0.0799. The third-order valence-corrected chi connectivity index (χ3v) is 3.76. The highest BCUT2D eigenvalue weighted by molar-refractivity contribution is 7.92. The van der Waals surface area contributed by atoms with Crippen molar-refractivity contribution in [3.63, 3.8) is 0 Å². The van der Waals surface area contributed by atoms with Gasteiger partial charge >= 0.3 is 0 Å². The molecule has 0 saturated heterocycles. The van der Waals surface area contributed by atoms with Crippen LogP contribution in [0.4, 0.5) is 15.8 Å². The van der Waals surface area contributed by atoms with Gasteiger partial charge in [0.05, 0.1) is 16.3 Å². The molecule has 0 aliphatic carbocycles. The molecule has 0 aromatic heterocycles. The van der Waals surface area contributed by atoms with E-state index in [2.05, 4.69) is 4.72 Å². The van der Waals surface area contributed by atoms with Gasteiger partial charge in [-0.05, 0) is 30.3 Å². The fourth-order valence-electron chi connectivity index (χ4n) is 1.46. The molecule has 5 nitrogen and oxygen atoms in total. The van der Waals surface area contributed by atoms with Gasteiger partial charge < -0.3 is 10.8 Å². The van der Waals surface area contributed by atoms with Crippen LogP contribution in [0.15, 0.2) is 47.4 Å². The molecular weight excluding hydrogens is 271 g/mol. The van der Waals surface area contributed by atoms with E-state index in [4.69, 9.17) is 5.73 Å². The topological polar surface area (TPSA) is 92.4 Å². The molecule has 100 valence electrons. The zero-order valence-electron chi connectivity index (χ0n) is 9.67. The number of phenols is 1. The van der Waals surface area contributed by atoms with E-state index in [1.165, 1.54) is 36.4 Å². The average Bonchev–Trinajstić information content (AvgIpc) is 2.32. The van der Waals surface area contributed by atoms with Crippen LogP contribution in [0.1, 0.15) is 0 Å². The quantitative estimate of drug-likeness (QED) is 0.750. The number of hydrogen-bond donors (Lipinski definition) is 3. The van der Waals surface area contributed by atoms with Crippen LogP contribution in [-0.4, -0.2) is 13.5 Å². The second kappa shape index (κ2) is 4.77. The molecule has 2 aromatic carbocycles. The summed E-state index contributed by atoms with van der Waals surface area (Å²) in [5.41, 5.74) is 5.33. The Morgan fingerprint density at radius 3 is 2.53 bits per heavy atom. The Kier molecular flexibility index (Phi) is 3.30. The fraction of sp³-hybridized carbons (Fsp3) is 0. The Hall–Kier alpha value is -2.28. The lowest BCUT2D eigenvalue weighted by atomic mass is 10.3. The Morgan fingerprint density at radius 2 is 1.89 bits per heavy atom. The van der Waals surface area contributed by atoms with E-state index in [1.807, 2.05) is 0 Å². The van der Waals surface area contributed by atoms with Crippen molar-refractivity contribution in [1.82, 2.24) is 0 Å². The second-order valence-corrected chi connectivity index (χ2v) is 5.52. The van der Waals surface area contributed by atoms with Crippen molar-refractivity contribution in [3.05, 3.63) is 48.3 Å². The SMILES string of the molecule is Nc1ccc(S(=O)(=O)Nc2cccc(O)c2)cc1F. The van der Waals surface area contributed by atoms with Gasteiger partial charge in [-0.1, -0.05) is 6.07 Å². The van der Waals surface area contributed by atoms with E-state index in [1.54, 1.807) is 0 Å². The highest BCUT2D eigenvalue weighted by Crippen LogP contribution is 2.21. The van der Waals surface area contributed by atoms with E-state index < -0.39 is 15.8 Å². The summed E-state index contributed by atoms with van der Waals surface area (Å²) in [6.45, 7) is 0. The van der Waals surface area contributed by atoms with Crippen molar-refractivity contribution in [2.45, 2.75) is 4.90 Å². The molecule has 7 heteroatoms. The third kappa shape index (κ3) is 2.94. The summed E-state index contributed by atoms with van der Waals surface area (Å²) in [7, 11) is -3.93. The maximum Gasteiger partial charge on any atom is 0.262 e. The molecule has 0 aliphatic heterocycles. The van der Waals surface area contributed by atoms with E-state index in [0.717, 1.165) is 6.07 Å². The van der Waals surface area contributed by atoms with Gasteiger partial charge in [-0.15, -0.1) is 0 Å². The van der Waals surface area contributed by atoms with Crippen LogP contribution in [0.3, 0.4) is 0 Å². The van der Waals surface area contributed by atoms with E-state index >= 15 is 0 Å². The zero-order chi connectivity index (χ0) is 14.0. The Labute approximate surface area is 109 Å². The number of nitrogens with one attached hydrogen (secondary N) is 1. The molecule has 2 aromatic rings. The van der Waals surface area contributed by atoms with Crippen molar-refractivity contribution < 1.29 is 17.9 Å². The molecule has 0 unspecified atom stereocenters. The Morgan fingerprint density at radius 1 is 1.16 bits per heavy atom. The number of anilines is 2. The Balaban J connectivity index is 2.35. The van der Waals surface area contributed by atoms with Crippen molar-refractivity contribution >= 4 is 21.4 Å². The number of nitrogen functional groups attached to an aromatic ring is 1. The molecule has 0 atom stereocenters. The molecule has 4 N–H and O–H groups in total. The van der Waals surface area contributed by atoms with Gasteiger partial charge in [-0.25, -0.2) is 12.8 Å². The van der Waals surface area contributed by atoms with Gasteiger partial charge in [0.25, 0.3) is 10.0 Å². The molecule has 0 radical (unpaired) electrons. The average molecular weight is 282 g/mol. The number of halogens is 1. The van der Waals surface area contributed by atoms with Crippen molar-refractivity contribution in [2.24, 2.45) is 0 Å². The molecule has 0 aliphatic rings. The molecule has 0 bridgehead atoms. The van der Waals surface area contributed by atoms with Gasteiger partial charge in [-0.3, -0.25) is 4.72 Å². The number of benzene rings is 2. The number of aromatic hydroxyl groups is 1. The smallest absolute Gasteiger partial charge is 0.262 e. The highest BCUT2D eigenvalue weighted by Gasteiger charge is 2.16. The van der Waals surface area contributed by atoms with Crippen LogP contribution < -0.4 is 10.5 Å². The van der Waals surface area contributed by atoms with Gasteiger partial charge in [0.15, 0.2) is 0 Å². The number of phenolic OH excluding ortho intramolecular Hbond substituents is 1. The number of sulfonamides is 1. The normalized spacial score (nSPS) is 11.2. The minimum Gasteiger partial charge on any atom is -0.508 e. The second-order valence-electron chi connectivity index (χ2n) is 3.84. The first-order valence-electron chi connectivity index (χ1n) is 5.25. The van der Waals surface area contributed by atoms with Crippen molar-refractivity contribution in [2.75, 3.05) is 10.5 Å². The fourth-order valence-corrected chi connectivity index (χ4v) is 2.52. The number of hydrogen-bond acceptors (Lipinski definition) is 4. The molecule has 0 spiro atoms. The third-order valence-electron chi connectivity index (χ3n) is 2.38. The number of nitrogens with two attached hydrogens (primary N) is 1. The first-order valence-corrected chi connectivity index (χ1v) is 6.74. The monoisotopic (exact) mass is 282 g/mol. The summed E-state index contributed by atoms with van der Waals surface area (Å²) in [6, 6.07) is 8.80. The van der Waals surface area contributed by atoms with Gasteiger partial charge in [0, 0.05) is 6.07 Å². The summed E-state index contributed by atoms with van der Waals surface area (Å²) in [5, 5.41) is 9.25. The van der Waals surface area contributed by atoms with Crippen LogP contribution in [0, 0.1) is 5.82 Å². The highest BCUT2D eigenvalue weighted by atomic mass is 32.2. The lowest BCUT2D eigenvalue weighted by Gasteiger charge is -2.09. The predicted octanol–water partition coefficient (Wildman–Crippen LogP) is 1.91. The van der Waals surface area contributed by atoms with Gasteiger partial charge in [0.1, 0.15) is 11.6 Å². The maximum absolute atomic E-state index is 13.3. The van der Waals surface area contributed by atoms with Crippen molar-refractivity contribution in [3.8, 4) is 5.75 Å². The van der Waals surface area contributed by atoms with Gasteiger partial charge in [0.2, 0.25) is 0 Å². The van der Waals surface area contributed by atoms with Crippen molar-refractivity contribution in [1.29, 1.82) is 0 Å². The predicted molar refractivity (Wildman–Crippen MR) is 69.7 cm³/mol. The summed E-state index contributed by atoms with van der Waals surface area (Å²) >= 11 is 0. The lowest BCUT2D eigenvalue weighted by Crippen LogP contribution is -2.13. The molecule has 0 fully saturated rings. The van der Waals surface area contributed by atoms with Crippen LogP contribution in [-0.2, 0) is 10.0 Å². The summed E-state index contributed by atoms with van der Waals surface area (Å²) in [6.07, 6.45) is 0.